The van der Waals surface area contributed by atoms with Crippen molar-refractivity contribution in [3.8, 4) is 0 Å². The third-order valence-electron chi connectivity index (χ3n) is 5.00. The highest BCUT2D eigenvalue weighted by atomic mass is 35.5. The number of thiophene rings is 1. The lowest BCUT2D eigenvalue weighted by Crippen LogP contribution is -2.44. The van der Waals surface area contributed by atoms with E-state index in [1.165, 1.54) is 24.3 Å². The molecule has 0 saturated carbocycles. The molecule has 2 atom stereocenters. The van der Waals surface area contributed by atoms with Crippen LogP contribution in [-0.4, -0.2) is 38.0 Å². The van der Waals surface area contributed by atoms with E-state index in [0.29, 0.717) is 18.5 Å². The highest BCUT2D eigenvalue weighted by molar-refractivity contribution is 7.10. The van der Waals surface area contributed by atoms with Crippen LogP contribution in [0.4, 0.5) is 0 Å². The number of nitrogens with zero attached hydrogens (tertiary/aromatic N) is 2. The van der Waals surface area contributed by atoms with Gasteiger partial charge in [-0.15, -0.1) is 11.3 Å². The van der Waals surface area contributed by atoms with Crippen molar-refractivity contribution in [3.05, 3.63) is 57.2 Å². The molecular weight excluding hydrogens is 364 g/mol. The number of nitrogens with one attached hydrogen (secondary N) is 2. The second-order valence-corrected chi connectivity index (χ2v) is 8.13. The minimum absolute atomic E-state index is 0.484. The van der Waals surface area contributed by atoms with Crippen molar-refractivity contribution in [2.75, 3.05) is 27.2 Å². The van der Waals surface area contributed by atoms with E-state index in [0.717, 1.165) is 23.1 Å². The van der Waals surface area contributed by atoms with Crippen LogP contribution in [0.25, 0.3) is 0 Å². The van der Waals surface area contributed by atoms with Crippen molar-refractivity contribution in [1.82, 2.24) is 15.5 Å². The molecule has 4 nitrogen and oxygen atoms in total. The lowest BCUT2D eigenvalue weighted by molar-refractivity contribution is 0.125. The molecule has 0 bridgehead atoms. The van der Waals surface area contributed by atoms with Gasteiger partial charge in [-0.05, 0) is 55.4 Å². The largest absolute Gasteiger partial charge is 0.356 e. The lowest BCUT2D eigenvalue weighted by Gasteiger charge is -2.39. The van der Waals surface area contributed by atoms with Crippen LogP contribution >= 0.6 is 22.9 Å². The zero-order chi connectivity index (χ0) is 18.4. The maximum atomic E-state index is 6.24. The Bertz CT molecular complexity index is 716. The van der Waals surface area contributed by atoms with E-state index in [9.17, 15) is 0 Å². The van der Waals surface area contributed by atoms with Gasteiger partial charge in [0.15, 0.2) is 5.96 Å². The van der Waals surface area contributed by atoms with Crippen LogP contribution in [0.15, 0.2) is 46.8 Å². The zero-order valence-corrected chi connectivity index (χ0v) is 17.0. The first-order valence-electron chi connectivity index (χ1n) is 9.10. The average Bonchev–Trinajstić information content (AvgIpc) is 3.17. The van der Waals surface area contributed by atoms with E-state index in [-0.39, 0.29) is 0 Å². The minimum atomic E-state index is 0.484. The topological polar surface area (TPSA) is 39.7 Å². The predicted molar refractivity (Wildman–Crippen MR) is 112 cm³/mol. The van der Waals surface area contributed by atoms with Gasteiger partial charge >= 0.3 is 0 Å². The Morgan fingerprint density at radius 3 is 2.85 bits per heavy atom. The van der Waals surface area contributed by atoms with E-state index >= 15 is 0 Å². The molecule has 0 amide bonds. The van der Waals surface area contributed by atoms with Crippen molar-refractivity contribution < 1.29 is 0 Å². The third-order valence-corrected chi connectivity index (χ3v) is 6.31. The Morgan fingerprint density at radius 2 is 2.12 bits per heavy atom. The number of likely N-dealkylation sites (tertiary alicyclic amines) is 1. The van der Waals surface area contributed by atoms with Gasteiger partial charge in [-0.1, -0.05) is 35.9 Å². The van der Waals surface area contributed by atoms with Gasteiger partial charge in [0.1, 0.15) is 0 Å². The smallest absolute Gasteiger partial charge is 0.191 e. The number of rotatable bonds is 5. The summed E-state index contributed by atoms with van der Waals surface area (Å²) in [4.78, 5) is 8.31. The summed E-state index contributed by atoms with van der Waals surface area (Å²) in [6, 6.07) is 12.8. The fraction of sp³-hybridized carbons (Fsp3) is 0.450. The van der Waals surface area contributed by atoms with Crippen LogP contribution in [-0.2, 0) is 6.54 Å². The van der Waals surface area contributed by atoms with Gasteiger partial charge in [0.2, 0.25) is 0 Å². The maximum Gasteiger partial charge on any atom is 0.191 e. The molecule has 6 heteroatoms. The van der Waals surface area contributed by atoms with Crippen LogP contribution in [0.2, 0.25) is 5.02 Å². The molecule has 2 unspecified atom stereocenters. The van der Waals surface area contributed by atoms with Crippen molar-refractivity contribution in [3.63, 3.8) is 0 Å². The first-order valence-corrected chi connectivity index (χ1v) is 10.4. The summed E-state index contributed by atoms with van der Waals surface area (Å²) in [7, 11) is 4.05. The van der Waals surface area contributed by atoms with E-state index in [2.05, 4.69) is 45.1 Å². The Morgan fingerprint density at radius 1 is 1.27 bits per heavy atom. The molecule has 1 aromatic carbocycles. The standard InChI is InChI=1S/C20H27ClN4S/c1-22-20(23-13-15-7-3-4-9-17(15)21)24-14-16-8-5-11-25(2)19(16)18-10-6-12-26-18/h3-4,6-7,9-10,12,16,19H,5,8,11,13-14H2,1-2H3,(H2,22,23,24). The third kappa shape index (κ3) is 4.78. The summed E-state index contributed by atoms with van der Waals surface area (Å²) in [5, 5.41) is 9.84. The molecule has 1 aliphatic heterocycles. The number of guanidine groups is 1. The number of aliphatic imine (C=N–C) groups is 1. The van der Waals surface area contributed by atoms with E-state index in [4.69, 9.17) is 11.6 Å². The molecule has 3 rings (SSSR count). The summed E-state index contributed by atoms with van der Waals surface area (Å²) < 4.78 is 0. The Hall–Kier alpha value is -1.56. The quantitative estimate of drug-likeness (QED) is 0.595. The first-order chi connectivity index (χ1) is 12.7. The first kappa shape index (κ1) is 19.2. The van der Waals surface area contributed by atoms with Gasteiger partial charge < -0.3 is 10.6 Å². The second kappa shape index (κ2) is 9.40. The van der Waals surface area contributed by atoms with Crippen LogP contribution < -0.4 is 10.6 Å². The number of piperidine rings is 1. The lowest BCUT2D eigenvalue weighted by atomic mass is 9.88. The minimum Gasteiger partial charge on any atom is -0.356 e. The van der Waals surface area contributed by atoms with Crippen LogP contribution in [0.3, 0.4) is 0 Å². The summed E-state index contributed by atoms with van der Waals surface area (Å²) in [6.07, 6.45) is 2.48. The summed E-state index contributed by atoms with van der Waals surface area (Å²) in [6.45, 7) is 2.74. The second-order valence-electron chi connectivity index (χ2n) is 6.74. The summed E-state index contributed by atoms with van der Waals surface area (Å²) in [5.41, 5.74) is 1.07. The van der Waals surface area contributed by atoms with Crippen LogP contribution in [0.1, 0.15) is 29.3 Å². The number of hydrogen-bond acceptors (Lipinski definition) is 3. The Kier molecular flexibility index (Phi) is 6.94. The van der Waals surface area contributed by atoms with Crippen molar-refractivity contribution in [2.45, 2.75) is 25.4 Å². The molecule has 0 aliphatic carbocycles. The SMILES string of the molecule is CN=C(NCc1ccccc1Cl)NCC1CCCN(C)C1c1cccs1. The molecule has 1 aliphatic rings. The normalized spacial score (nSPS) is 21.6. The summed E-state index contributed by atoms with van der Waals surface area (Å²) in [5.74, 6) is 1.40. The van der Waals surface area contributed by atoms with Crippen LogP contribution in [0, 0.1) is 5.92 Å². The highest BCUT2D eigenvalue weighted by Crippen LogP contribution is 2.36. The number of hydrogen-bond donors (Lipinski definition) is 2. The van der Waals surface area contributed by atoms with Crippen molar-refractivity contribution in [2.24, 2.45) is 10.9 Å². The molecule has 2 aromatic rings. The molecule has 1 saturated heterocycles. The van der Waals surface area contributed by atoms with Crippen molar-refractivity contribution in [1.29, 1.82) is 0 Å². The van der Waals surface area contributed by atoms with E-state index in [1.54, 1.807) is 0 Å². The number of halogens is 1. The van der Waals surface area contributed by atoms with Gasteiger partial charge in [-0.2, -0.15) is 0 Å². The molecule has 26 heavy (non-hydrogen) atoms. The zero-order valence-electron chi connectivity index (χ0n) is 15.4. The fourth-order valence-electron chi connectivity index (χ4n) is 3.65. The maximum absolute atomic E-state index is 6.24. The van der Waals surface area contributed by atoms with E-state index < -0.39 is 0 Å². The van der Waals surface area contributed by atoms with E-state index in [1.807, 2.05) is 42.6 Å². The molecule has 0 radical (unpaired) electrons. The number of benzene rings is 1. The summed E-state index contributed by atoms with van der Waals surface area (Å²) >= 11 is 8.09. The van der Waals surface area contributed by atoms with Gasteiger partial charge in [-0.3, -0.25) is 9.89 Å². The van der Waals surface area contributed by atoms with Crippen LogP contribution in [0.5, 0.6) is 0 Å². The highest BCUT2D eigenvalue weighted by Gasteiger charge is 2.31. The Labute approximate surface area is 165 Å². The van der Waals surface area contributed by atoms with Gasteiger partial charge in [0, 0.05) is 36.1 Å². The molecular formula is C20H27ClN4S. The fourth-order valence-corrected chi connectivity index (χ4v) is 4.84. The monoisotopic (exact) mass is 390 g/mol. The molecule has 0 spiro atoms. The van der Waals surface area contributed by atoms with Gasteiger partial charge in [0.25, 0.3) is 0 Å². The van der Waals surface area contributed by atoms with Gasteiger partial charge in [0.05, 0.1) is 0 Å². The molecule has 1 aromatic heterocycles. The molecule has 140 valence electrons. The average molecular weight is 391 g/mol. The molecule has 2 heterocycles. The van der Waals surface area contributed by atoms with Crippen molar-refractivity contribution >= 4 is 28.9 Å². The molecule has 1 fully saturated rings. The molecule has 2 N–H and O–H groups in total. The van der Waals surface area contributed by atoms with Gasteiger partial charge in [-0.25, -0.2) is 0 Å². The predicted octanol–water partition coefficient (Wildman–Crippen LogP) is 4.15. The Balaban J connectivity index is 1.58.